The topological polar surface area (TPSA) is 0 Å². The predicted molar refractivity (Wildman–Crippen MR) is 178 cm³/mol. The molecule has 0 atom stereocenters. The van der Waals surface area contributed by atoms with Gasteiger partial charge in [-0.05, 0) is 89.6 Å². The van der Waals surface area contributed by atoms with Gasteiger partial charge >= 0.3 is 0 Å². The third-order valence-corrected chi connectivity index (χ3v) is 10.4. The average Bonchev–Trinajstić information content (AvgIpc) is 3.64. The minimum atomic E-state index is 1.26. The van der Waals surface area contributed by atoms with Crippen molar-refractivity contribution in [3.63, 3.8) is 0 Å². The first-order valence-corrected chi connectivity index (χ1v) is 15.3. The Labute approximate surface area is 239 Å². The fraction of sp³-hybridized carbons (Fsp3) is 0. The number of benzene rings is 7. The molecule has 0 amide bonds. The molecule has 186 valence electrons. The van der Waals surface area contributed by atoms with Gasteiger partial charge in [-0.25, -0.2) is 0 Å². The lowest BCUT2D eigenvalue weighted by Gasteiger charge is -2.18. The summed E-state index contributed by atoms with van der Waals surface area (Å²) in [7, 11) is 0. The Morgan fingerprint density at radius 1 is 0.425 bits per heavy atom. The van der Waals surface area contributed by atoms with Crippen molar-refractivity contribution in [3.05, 3.63) is 133 Å². The van der Waals surface area contributed by atoms with Crippen LogP contribution in [0.2, 0.25) is 0 Å². The summed E-state index contributed by atoms with van der Waals surface area (Å²) >= 11 is 3.76. The molecule has 0 aliphatic carbocycles. The van der Waals surface area contributed by atoms with E-state index in [1.807, 2.05) is 22.7 Å². The van der Waals surface area contributed by atoms with Crippen LogP contribution < -0.4 is 0 Å². The van der Waals surface area contributed by atoms with Gasteiger partial charge in [-0.2, -0.15) is 0 Å². The monoisotopic (exact) mass is 542 g/mol. The van der Waals surface area contributed by atoms with Crippen molar-refractivity contribution in [1.82, 2.24) is 0 Å². The first kappa shape index (κ1) is 22.3. The molecule has 0 spiro atoms. The molecule has 2 heteroatoms. The summed E-state index contributed by atoms with van der Waals surface area (Å²) in [6.45, 7) is 0. The van der Waals surface area contributed by atoms with Gasteiger partial charge in [0.2, 0.25) is 0 Å². The highest BCUT2D eigenvalue weighted by atomic mass is 32.1. The molecular formula is C38H22S2. The molecule has 9 rings (SSSR count). The van der Waals surface area contributed by atoms with E-state index < -0.39 is 0 Å². The largest absolute Gasteiger partial charge is 0.143 e. The van der Waals surface area contributed by atoms with Crippen molar-refractivity contribution in [2.75, 3.05) is 0 Å². The maximum Gasteiger partial charge on any atom is 0.0436 e. The fourth-order valence-electron chi connectivity index (χ4n) is 6.61. The maximum absolute atomic E-state index is 2.35. The zero-order chi connectivity index (χ0) is 26.2. The molecule has 0 aliphatic heterocycles. The zero-order valence-corrected chi connectivity index (χ0v) is 23.2. The fourth-order valence-corrected chi connectivity index (χ4v) is 8.77. The van der Waals surface area contributed by atoms with Gasteiger partial charge in [-0.3, -0.25) is 0 Å². The first-order chi connectivity index (χ1) is 19.8. The summed E-state index contributed by atoms with van der Waals surface area (Å²) in [5.74, 6) is 0. The van der Waals surface area contributed by atoms with Gasteiger partial charge in [0.05, 0.1) is 0 Å². The van der Waals surface area contributed by atoms with Gasteiger partial charge in [0.1, 0.15) is 0 Å². The highest BCUT2D eigenvalue weighted by molar-refractivity contribution is 7.27. The van der Waals surface area contributed by atoms with Crippen LogP contribution in [0, 0.1) is 0 Å². The molecule has 0 fully saturated rings. The Bertz CT molecular complexity index is 2380. The predicted octanol–water partition coefficient (Wildman–Crippen LogP) is 12.1. The molecule has 0 N–H and O–H groups in total. The Hall–Kier alpha value is -4.50. The SMILES string of the molecule is c1ccc2cc(-c3c4ccccc4c(-c4cccc5sc6ccc7ccsc7c6c45)c4ccccc34)ccc2c1. The van der Waals surface area contributed by atoms with Crippen molar-refractivity contribution in [2.45, 2.75) is 0 Å². The molecule has 2 heterocycles. The van der Waals surface area contributed by atoms with E-state index in [2.05, 4.69) is 133 Å². The number of fused-ring (bicyclic) bond motifs is 8. The quantitative estimate of drug-likeness (QED) is 0.191. The second-order valence-corrected chi connectivity index (χ2v) is 12.5. The summed E-state index contributed by atoms with van der Waals surface area (Å²) < 4.78 is 4.09. The van der Waals surface area contributed by atoms with Crippen molar-refractivity contribution in [2.24, 2.45) is 0 Å². The molecule has 0 saturated heterocycles. The molecule has 2 aromatic heterocycles. The zero-order valence-electron chi connectivity index (χ0n) is 21.5. The van der Waals surface area contributed by atoms with E-state index in [0.717, 1.165) is 0 Å². The second-order valence-electron chi connectivity index (χ2n) is 10.5. The van der Waals surface area contributed by atoms with Gasteiger partial charge in [-0.15, -0.1) is 22.7 Å². The highest BCUT2D eigenvalue weighted by Gasteiger charge is 2.20. The van der Waals surface area contributed by atoms with Crippen LogP contribution in [0.3, 0.4) is 0 Å². The number of thiophene rings is 2. The van der Waals surface area contributed by atoms with Gasteiger partial charge in [-0.1, -0.05) is 103 Å². The van der Waals surface area contributed by atoms with E-state index in [0.29, 0.717) is 0 Å². The summed E-state index contributed by atoms with van der Waals surface area (Å²) in [4.78, 5) is 0. The molecular weight excluding hydrogens is 521 g/mol. The maximum atomic E-state index is 2.35. The molecule has 0 unspecified atom stereocenters. The number of hydrogen-bond acceptors (Lipinski definition) is 2. The minimum absolute atomic E-state index is 1.26. The van der Waals surface area contributed by atoms with E-state index in [4.69, 9.17) is 0 Å². The number of hydrogen-bond donors (Lipinski definition) is 0. The van der Waals surface area contributed by atoms with E-state index in [9.17, 15) is 0 Å². The summed E-state index contributed by atoms with van der Waals surface area (Å²) in [5.41, 5.74) is 5.22. The lowest BCUT2D eigenvalue weighted by Crippen LogP contribution is -1.91. The van der Waals surface area contributed by atoms with Crippen LogP contribution in [0.1, 0.15) is 0 Å². The van der Waals surface area contributed by atoms with Crippen LogP contribution in [0.4, 0.5) is 0 Å². The second kappa shape index (κ2) is 8.50. The van der Waals surface area contributed by atoms with E-state index >= 15 is 0 Å². The van der Waals surface area contributed by atoms with E-state index in [1.165, 1.54) is 84.8 Å². The molecule has 0 radical (unpaired) electrons. The summed E-state index contributed by atoms with van der Waals surface area (Å²) in [5, 5.41) is 14.1. The van der Waals surface area contributed by atoms with Crippen LogP contribution in [-0.4, -0.2) is 0 Å². The third-order valence-electron chi connectivity index (χ3n) is 8.32. The van der Waals surface area contributed by atoms with Gasteiger partial charge in [0.15, 0.2) is 0 Å². The van der Waals surface area contributed by atoms with Crippen LogP contribution in [0.25, 0.3) is 84.8 Å². The van der Waals surface area contributed by atoms with Crippen molar-refractivity contribution in [3.8, 4) is 22.3 Å². The molecule has 0 aliphatic rings. The molecule has 9 aromatic rings. The van der Waals surface area contributed by atoms with Gasteiger partial charge in [0, 0.05) is 24.9 Å². The van der Waals surface area contributed by atoms with E-state index in [1.54, 1.807) is 0 Å². The Morgan fingerprint density at radius 3 is 1.85 bits per heavy atom. The molecule has 7 aromatic carbocycles. The van der Waals surface area contributed by atoms with Crippen LogP contribution >= 0.6 is 22.7 Å². The standard InChI is InChI=1S/C38H22S2/c1-2-9-25-22-26(17-16-23(25)8-1)34-27-10-3-5-12-29(27)35(30-13-6-4-11-28(30)34)31-14-7-15-32-36(31)37-33(40-32)19-18-24-20-21-39-38(24)37/h1-22H. The Balaban J connectivity index is 1.46. The van der Waals surface area contributed by atoms with Gasteiger partial charge in [0.25, 0.3) is 0 Å². The highest BCUT2D eigenvalue weighted by Crippen LogP contribution is 2.49. The molecule has 0 bridgehead atoms. The lowest BCUT2D eigenvalue weighted by atomic mass is 9.84. The molecule has 40 heavy (non-hydrogen) atoms. The van der Waals surface area contributed by atoms with E-state index in [-0.39, 0.29) is 0 Å². The minimum Gasteiger partial charge on any atom is -0.143 e. The van der Waals surface area contributed by atoms with Crippen LogP contribution in [-0.2, 0) is 0 Å². The first-order valence-electron chi connectivity index (χ1n) is 13.6. The van der Waals surface area contributed by atoms with Crippen molar-refractivity contribution in [1.29, 1.82) is 0 Å². The normalized spacial score (nSPS) is 12.0. The smallest absolute Gasteiger partial charge is 0.0436 e. The third kappa shape index (κ3) is 3.12. The lowest BCUT2D eigenvalue weighted by molar-refractivity contribution is 1.69. The number of rotatable bonds is 2. The molecule has 0 nitrogen and oxygen atoms in total. The Morgan fingerprint density at radius 2 is 1.07 bits per heavy atom. The molecule has 0 saturated carbocycles. The average molecular weight is 543 g/mol. The van der Waals surface area contributed by atoms with Crippen LogP contribution in [0.15, 0.2) is 133 Å². The van der Waals surface area contributed by atoms with Crippen LogP contribution in [0.5, 0.6) is 0 Å². The Kier molecular flexibility index (Phi) is 4.74. The van der Waals surface area contributed by atoms with Crippen molar-refractivity contribution >= 4 is 85.2 Å². The van der Waals surface area contributed by atoms with Gasteiger partial charge < -0.3 is 0 Å². The summed E-state index contributed by atoms with van der Waals surface area (Å²) in [6.07, 6.45) is 0. The summed E-state index contributed by atoms with van der Waals surface area (Å²) in [6, 6.07) is 47.2. The van der Waals surface area contributed by atoms with Crippen molar-refractivity contribution < 1.29 is 0 Å².